The molecule has 6 heteroatoms. The van der Waals surface area contributed by atoms with Gasteiger partial charge in [-0.2, -0.15) is 5.10 Å². The molecule has 1 fully saturated rings. The van der Waals surface area contributed by atoms with Crippen molar-refractivity contribution in [2.75, 3.05) is 26.7 Å². The van der Waals surface area contributed by atoms with Gasteiger partial charge in [0.2, 0.25) is 0 Å². The van der Waals surface area contributed by atoms with Gasteiger partial charge in [0.1, 0.15) is 0 Å². The van der Waals surface area contributed by atoms with Gasteiger partial charge in [0, 0.05) is 23.8 Å². The van der Waals surface area contributed by atoms with Crippen molar-refractivity contribution in [3.05, 3.63) is 47.3 Å². The van der Waals surface area contributed by atoms with Gasteiger partial charge >= 0.3 is 5.97 Å². The largest absolute Gasteiger partial charge is 0.480 e. The monoisotopic (exact) mass is 370 g/mol. The van der Waals surface area contributed by atoms with Crippen molar-refractivity contribution in [1.82, 2.24) is 19.6 Å². The van der Waals surface area contributed by atoms with E-state index in [1.807, 2.05) is 34.8 Å². The molecule has 2 aromatic rings. The van der Waals surface area contributed by atoms with Gasteiger partial charge in [-0.05, 0) is 65.4 Å². The molecule has 0 radical (unpaired) electrons. The van der Waals surface area contributed by atoms with Crippen LogP contribution in [-0.4, -0.2) is 63.4 Å². The Morgan fingerprint density at radius 2 is 1.96 bits per heavy atom. The number of hydrogen-bond acceptors (Lipinski definition) is 4. The number of aliphatic carboxylic acids is 1. The molecule has 0 spiro atoms. The molecule has 0 bridgehead atoms. The Hall–Kier alpha value is -2.18. The second kappa shape index (κ2) is 8.67. The van der Waals surface area contributed by atoms with Crippen LogP contribution in [0.15, 0.2) is 30.3 Å². The van der Waals surface area contributed by atoms with E-state index < -0.39 is 5.97 Å². The maximum atomic E-state index is 11.0. The Kier molecular flexibility index (Phi) is 6.29. The Morgan fingerprint density at radius 1 is 1.22 bits per heavy atom. The average Bonchev–Trinajstić information content (AvgIpc) is 2.81. The summed E-state index contributed by atoms with van der Waals surface area (Å²) in [7, 11) is 1.92. The summed E-state index contributed by atoms with van der Waals surface area (Å²) in [5.41, 5.74) is 4.68. The molecule has 1 atom stereocenters. The molecule has 1 N–H and O–H groups in total. The van der Waals surface area contributed by atoms with E-state index in [9.17, 15) is 4.79 Å². The zero-order chi connectivity index (χ0) is 19.4. The van der Waals surface area contributed by atoms with Crippen molar-refractivity contribution in [2.45, 2.75) is 45.7 Å². The number of para-hydroxylation sites is 1. The molecule has 146 valence electrons. The Labute approximate surface area is 161 Å². The molecular weight excluding hydrogens is 340 g/mol. The predicted molar refractivity (Wildman–Crippen MR) is 106 cm³/mol. The maximum absolute atomic E-state index is 11.0. The summed E-state index contributed by atoms with van der Waals surface area (Å²) in [6.45, 7) is 7.29. The lowest BCUT2D eigenvalue weighted by atomic mass is 10.1. The fourth-order valence-corrected chi connectivity index (χ4v) is 4.03. The summed E-state index contributed by atoms with van der Waals surface area (Å²) in [5, 5.41) is 13.8. The number of aryl methyl sites for hydroxylation is 1. The quantitative estimate of drug-likeness (QED) is 0.847. The molecule has 1 aliphatic heterocycles. The number of benzene rings is 1. The summed E-state index contributed by atoms with van der Waals surface area (Å²) in [4.78, 5) is 15.4. The van der Waals surface area contributed by atoms with E-state index in [0.717, 1.165) is 50.3 Å². The van der Waals surface area contributed by atoms with Crippen LogP contribution in [0.5, 0.6) is 0 Å². The maximum Gasteiger partial charge on any atom is 0.317 e. The van der Waals surface area contributed by atoms with E-state index in [2.05, 4.69) is 30.9 Å². The molecule has 2 heterocycles. The molecule has 1 aromatic carbocycles. The van der Waals surface area contributed by atoms with Crippen LogP contribution < -0.4 is 0 Å². The molecule has 0 amide bonds. The van der Waals surface area contributed by atoms with Gasteiger partial charge in [-0.15, -0.1) is 0 Å². The zero-order valence-electron chi connectivity index (χ0n) is 16.6. The predicted octanol–water partition coefficient (Wildman–Crippen LogP) is 2.86. The average molecular weight is 370 g/mol. The lowest BCUT2D eigenvalue weighted by Gasteiger charge is -2.25. The first-order chi connectivity index (χ1) is 13.0. The number of hydrogen-bond donors (Lipinski definition) is 1. The number of carboxylic acids is 1. The second-order valence-corrected chi connectivity index (χ2v) is 7.57. The van der Waals surface area contributed by atoms with Gasteiger partial charge in [-0.3, -0.25) is 14.6 Å². The number of carbonyl (C=O) groups is 1. The number of aromatic nitrogens is 2. The lowest BCUT2D eigenvalue weighted by molar-refractivity contribution is -0.138. The van der Waals surface area contributed by atoms with E-state index in [1.165, 1.54) is 11.3 Å². The normalized spacial score (nSPS) is 18.6. The van der Waals surface area contributed by atoms with Crippen LogP contribution in [0.1, 0.15) is 36.2 Å². The Bertz CT molecular complexity index is 772. The third kappa shape index (κ3) is 4.76. The SMILES string of the molecule is Cc1nn(-c2ccccc2)c(C)c1CN1CCCC(N(C)CC(=O)O)CC1. The first-order valence-electron chi connectivity index (χ1n) is 9.70. The Morgan fingerprint density at radius 3 is 2.67 bits per heavy atom. The summed E-state index contributed by atoms with van der Waals surface area (Å²) in [6, 6.07) is 10.6. The van der Waals surface area contributed by atoms with Crippen LogP contribution in [0.4, 0.5) is 0 Å². The molecule has 1 unspecified atom stereocenters. The Balaban J connectivity index is 1.68. The van der Waals surface area contributed by atoms with Crippen molar-refractivity contribution < 1.29 is 9.90 Å². The topological polar surface area (TPSA) is 61.6 Å². The number of carboxylic acid groups (broad SMARTS) is 1. The van der Waals surface area contributed by atoms with E-state index >= 15 is 0 Å². The third-order valence-electron chi connectivity index (χ3n) is 5.62. The molecule has 1 aromatic heterocycles. The van der Waals surface area contributed by atoms with Crippen molar-refractivity contribution in [3.8, 4) is 5.69 Å². The summed E-state index contributed by atoms with van der Waals surface area (Å²) < 4.78 is 2.03. The van der Waals surface area contributed by atoms with Gasteiger partial charge in [0.05, 0.1) is 17.9 Å². The number of rotatable bonds is 6. The number of nitrogens with zero attached hydrogens (tertiary/aromatic N) is 4. The summed E-state index contributed by atoms with van der Waals surface area (Å²) in [5.74, 6) is -0.752. The summed E-state index contributed by atoms with van der Waals surface area (Å²) in [6.07, 6.45) is 3.16. The fourth-order valence-electron chi connectivity index (χ4n) is 4.03. The van der Waals surface area contributed by atoms with Gasteiger partial charge in [0.15, 0.2) is 0 Å². The minimum absolute atomic E-state index is 0.118. The highest BCUT2D eigenvalue weighted by Gasteiger charge is 2.23. The van der Waals surface area contributed by atoms with E-state index in [-0.39, 0.29) is 6.54 Å². The van der Waals surface area contributed by atoms with Crippen LogP contribution in [0.2, 0.25) is 0 Å². The van der Waals surface area contributed by atoms with Crippen molar-refractivity contribution in [1.29, 1.82) is 0 Å². The molecule has 1 aliphatic rings. The van der Waals surface area contributed by atoms with E-state index in [0.29, 0.717) is 6.04 Å². The van der Waals surface area contributed by atoms with Crippen LogP contribution in [-0.2, 0) is 11.3 Å². The van der Waals surface area contributed by atoms with Crippen molar-refractivity contribution in [2.24, 2.45) is 0 Å². The van der Waals surface area contributed by atoms with Gasteiger partial charge in [-0.1, -0.05) is 18.2 Å². The highest BCUT2D eigenvalue weighted by Crippen LogP contribution is 2.22. The zero-order valence-corrected chi connectivity index (χ0v) is 16.6. The highest BCUT2D eigenvalue weighted by atomic mass is 16.4. The summed E-state index contributed by atoms with van der Waals surface area (Å²) >= 11 is 0. The molecule has 0 saturated carbocycles. The van der Waals surface area contributed by atoms with Gasteiger partial charge in [0.25, 0.3) is 0 Å². The fraction of sp³-hybridized carbons (Fsp3) is 0.524. The molecule has 1 saturated heterocycles. The smallest absolute Gasteiger partial charge is 0.317 e. The van der Waals surface area contributed by atoms with Crippen LogP contribution in [0.3, 0.4) is 0 Å². The van der Waals surface area contributed by atoms with Crippen LogP contribution in [0, 0.1) is 13.8 Å². The number of likely N-dealkylation sites (N-methyl/N-ethyl adjacent to an activating group) is 1. The standard InChI is InChI=1S/C21H30N4O2/c1-16-20(17(2)25(22-16)19-8-5-4-6-9-19)14-24-12-7-10-18(11-13-24)23(3)15-21(26)27/h4-6,8-9,18H,7,10-15H2,1-3H3,(H,26,27). The van der Waals surface area contributed by atoms with Crippen LogP contribution >= 0.6 is 0 Å². The van der Waals surface area contributed by atoms with E-state index in [4.69, 9.17) is 10.2 Å². The molecule has 0 aliphatic carbocycles. The lowest BCUT2D eigenvalue weighted by Crippen LogP contribution is -2.36. The number of likely N-dealkylation sites (tertiary alicyclic amines) is 1. The van der Waals surface area contributed by atoms with E-state index in [1.54, 1.807) is 0 Å². The third-order valence-corrected chi connectivity index (χ3v) is 5.62. The van der Waals surface area contributed by atoms with Crippen molar-refractivity contribution in [3.63, 3.8) is 0 Å². The van der Waals surface area contributed by atoms with Gasteiger partial charge < -0.3 is 5.11 Å². The highest BCUT2D eigenvalue weighted by molar-refractivity contribution is 5.69. The van der Waals surface area contributed by atoms with Gasteiger partial charge in [-0.25, -0.2) is 4.68 Å². The molecule has 27 heavy (non-hydrogen) atoms. The first kappa shape index (κ1) is 19.6. The first-order valence-corrected chi connectivity index (χ1v) is 9.70. The molecular formula is C21H30N4O2. The van der Waals surface area contributed by atoms with Crippen LogP contribution in [0.25, 0.3) is 5.69 Å². The minimum atomic E-state index is -0.752. The molecule has 6 nitrogen and oxygen atoms in total. The minimum Gasteiger partial charge on any atom is -0.480 e. The second-order valence-electron chi connectivity index (χ2n) is 7.57. The molecule has 3 rings (SSSR count). The van der Waals surface area contributed by atoms with Crippen molar-refractivity contribution >= 4 is 5.97 Å².